The fourth-order valence-corrected chi connectivity index (χ4v) is 3.13. The Morgan fingerprint density at radius 3 is 2.70 bits per heavy atom. The number of anilines is 1. The Morgan fingerprint density at radius 2 is 1.90 bits per heavy atom. The van der Waals surface area contributed by atoms with Gasteiger partial charge in [-0.3, -0.25) is 20.4 Å². The third kappa shape index (κ3) is 4.11. The van der Waals surface area contributed by atoms with Gasteiger partial charge in [0, 0.05) is 17.8 Å². The second-order valence-corrected chi connectivity index (χ2v) is 6.82. The molecule has 0 unspecified atom stereocenters. The largest absolute Gasteiger partial charge is 0.482 e. The highest BCUT2D eigenvalue weighted by Crippen LogP contribution is 2.34. The molecule has 1 amide bonds. The number of nitrogens with one attached hydrogen (secondary N) is 3. The van der Waals surface area contributed by atoms with E-state index in [0.29, 0.717) is 22.3 Å². The molecule has 2 aromatic carbocycles. The van der Waals surface area contributed by atoms with E-state index in [2.05, 4.69) is 16.2 Å². The first-order valence-electron chi connectivity index (χ1n) is 8.99. The van der Waals surface area contributed by atoms with Crippen LogP contribution in [0.25, 0.3) is 21.9 Å². The number of hydrazine groups is 1. The van der Waals surface area contributed by atoms with Crippen LogP contribution in [0.15, 0.2) is 68.4 Å². The Labute approximate surface area is 175 Å². The minimum absolute atomic E-state index is 0.216. The molecule has 2 aromatic heterocycles. The average molecular weight is 423 g/mol. The molecular weight excluding hydrogens is 406 g/mol. The van der Waals surface area contributed by atoms with E-state index < -0.39 is 5.91 Å². The molecule has 0 aliphatic rings. The summed E-state index contributed by atoms with van der Waals surface area (Å²) in [5, 5.41) is 3.96. The summed E-state index contributed by atoms with van der Waals surface area (Å²) in [6.45, 7) is 1.33. The van der Waals surface area contributed by atoms with Gasteiger partial charge in [-0.05, 0) is 37.3 Å². The van der Waals surface area contributed by atoms with Crippen molar-refractivity contribution in [3.05, 3.63) is 70.8 Å². The molecule has 4 rings (SSSR count). The molecule has 3 N–H and O–H groups in total. The number of furan rings is 1. The maximum absolute atomic E-state index is 12.5. The maximum atomic E-state index is 12.5. The lowest BCUT2D eigenvalue weighted by Crippen LogP contribution is -2.45. The SMILES string of the molecule is Cc1cc(=O)c2c(OCC(=O)NNC(=S)Nc3ccccc3)c3ccoc3cc2o1. The Balaban J connectivity index is 1.46. The van der Waals surface area contributed by atoms with E-state index in [1.807, 2.05) is 30.3 Å². The molecule has 0 atom stereocenters. The number of hydrogen-bond donors (Lipinski definition) is 3. The van der Waals surface area contributed by atoms with Crippen molar-refractivity contribution in [2.45, 2.75) is 6.92 Å². The monoisotopic (exact) mass is 423 g/mol. The number of carbonyl (C=O) groups is 1. The van der Waals surface area contributed by atoms with Crippen molar-refractivity contribution >= 4 is 50.9 Å². The first-order valence-corrected chi connectivity index (χ1v) is 9.40. The van der Waals surface area contributed by atoms with Gasteiger partial charge in [-0.15, -0.1) is 0 Å². The maximum Gasteiger partial charge on any atom is 0.276 e. The average Bonchev–Trinajstić information content (AvgIpc) is 3.18. The molecule has 152 valence electrons. The molecule has 0 radical (unpaired) electrons. The smallest absolute Gasteiger partial charge is 0.276 e. The number of thiocarbonyl (C=S) groups is 1. The van der Waals surface area contributed by atoms with Crippen LogP contribution in [0.4, 0.5) is 5.69 Å². The summed E-state index contributed by atoms with van der Waals surface area (Å²) >= 11 is 5.13. The molecule has 0 saturated heterocycles. The van der Waals surface area contributed by atoms with Gasteiger partial charge in [-0.25, -0.2) is 0 Å². The minimum Gasteiger partial charge on any atom is -0.482 e. The molecule has 8 nitrogen and oxygen atoms in total. The molecule has 0 fully saturated rings. The van der Waals surface area contributed by atoms with Gasteiger partial charge in [0.05, 0.1) is 11.6 Å². The quantitative estimate of drug-likeness (QED) is 0.339. The number of para-hydroxylation sites is 1. The standard InChI is InChI=1S/C21H17N3O5S/c1-12-9-15(25)19-17(29-12)10-16-14(7-8-27-16)20(19)28-11-18(26)23-24-21(30)22-13-5-3-2-4-6-13/h2-10H,11H2,1H3,(H,23,26)(H2,22,24,30). The van der Waals surface area contributed by atoms with Crippen molar-refractivity contribution in [1.82, 2.24) is 10.9 Å². The number of benzene rings is 2. The first kappa shape index (κ1) is 19.5. The zero-order valence-electron chi connectivity index (χ0n) is 15.9. The highest BCUT2D eigenvalue weighted by Gasteiger charge is 2.17. The van der Waals surface area contributed by atoms with Crippen LogP contribution in [0, 0.1) is 6.92 Å². The van der Waals surface area contributed by atoms with Gasteiger partial charge < -0.3 is 18.9 Å². The number of ether oxygens (including phenoxy) is 1. The van der Waals surface area contributed by atoms with Crippen LogP contribution < -0.4 is 26.3 Å². The van der Waals surface area contributed by atoms with Gasteiger partial charge in [0.2, 0.25) is 0 Å². The Kier molecular flexibility index (Phi) is 5.36. The van der Waals surface area contributed by atoms with Crippen LogP contribution in [0.1, 0.15) is 5.76 Å². The number of amides is 1. The molecule has 2 heterocycles. The third-order valence-corrected chi connectivity index (χ3v) is 4.43. The predicted octanol–water partition coefficient (Wildman–Crippen LogP) is 3.24. The van der Waals surface area contributed by atoms with Crippen LogP contribution in [0.3, 0.4) is 0 Å². The summed E-state index contributed by atoms with van der Waals surface area (Å²) in [5.41, 5.74) is 6.36. The fraction of sp³-hybridized carbons (Fsp3) is 0.0952. The van der Waals surface area contributed by atoms with Gasteiger partial charge in [0.1, 0.15) is 28.1 Å². The van der Waals surface area contributed by atoms with Crippen LogP contribution in [-0.4, -0.2) is 17.6 Å². The van der Waals surface area contributed by atoms with E-state index in [1.54, 1.807) is 19.1 Å². The second-order valence-electron chi connectivity index (χ2n) is 6.41. The third-order valence-electron chi connectivity index (χ3n) is 4.22. The molecule has 30 heavy (non-hydrogen) atoms. The number of rotatable bonds is 4. The Hall–Kier alpha value is -3.85. The summed E-state index contributed by atoms with van der Waals surface area (Å²) in [6, 6.07) is 13.9. The van der Waals surface area contributed by atoms with Crippen LogP contribution in [0.5, 0.6) is 5.75 Å². The van der Waals surface area contributed by atoms with Gasteiger partial charge >= 0.3 is 0 Å². The van der Waals surface area contributed by atoms with Crippen molar-refractivity contribution in [3.8, 4) is 5.75 Å². The molecule has 0 aliphatic heterocycles. The van der Waals surface area contributed by atoms with Crippen molar-refractivity contribution < 1.29 is 18.4 Å². The Bertz CT molecular complexity index is 1300. The van der Waals surface area contributed by atoms with E-state index in [-0.39, 0.29) is 28.3 Å². The van der Waals surface area contributed by atoms with Crippen molar-refractivity contribution in [2.24, 2.45) is 0 Å². The summed E-state index contributed by atoms with van der Waals surface area (Å²) in [6.07, 6.45) is 1.48. The normalized spacial score (nSPS) is 10.7. The predicted molar refractivity (Wildman–Crippen MR) is 116 cm³/mol. The molecule has 4 aromatic rings. The number of hydrogen-bond acceptors (Lipinski definition) is 6. The minimum atomic E-state index is -0.489. The summed E-state index contributed by atoms with van der Waals surface area (Å²) in [5.74, 6) is 0.202. The van der Waals surface area contributed by atoms with Crippen molar-refractivity contribution in [2.75, 3.05) is 11.9 Å². The number of carbonyl (C=O) groups excluding carboxylic acids is 1. The lowest BCUT2D eigenvalue weighted by atomic mass is 10.1. The van der Waals surface area contributed by atoms with Gasteiger partial charge in [0.15, 0.2) is 17.1 Å². The topological polar surface area (TPSA) is 106 Å². The van der Waals surface area contributed by atoms with Crippen LogP contribution >= 0.6 is 12.2 Å². The molecule has 9 heteroatoms. The van der Waals surface area contributed by atoms with Gasteiger partial charge in [-0.1, -0.05) is 18.2 Å². The highest BCUT2D eigenvalue weighted by molar-refractivity contribution is 7.80. The molecule has 0 bridgehead atoms. The molecule has 0 saturated carbocycles. The highest BCUT2D eigenvalue weighted by atomic mass is 32.1. The Morgan fingerprint density at radius 1 is 1.10 bits per heavy atom. The van der Waals surface area contributed by atoms with Gasteiger partial charge in [0.25, 0.3) is 5.91 Å². The first-order chi connectivity index (χ1) is 14.5. The van der Waals surface area contributed by atoms with Gasteiger partial charge in [-0.2, -0.15) is 0 Å². The fourth-order valence-electron chi connectivity index (χ4n) is 2.97. The number of fused-ring (bicyclic) bond motifs is 2. The van der Waals surface area contributed by atoms with E-state index in [0.717, 1.165) is 5.69 Å². The summed E-state index contributed by atoms with van der Waals surface area (Å²) < 4.78 is 16.7. The van der Waals surface area contributed by atoms with E-state index in [4.69, 9.17) is 25.8 Å². The summed E-state index contributed by atoms with van der Waals surface area (Å²) in [4.78, 5) is 24.7. The molecular formula is C21H17N3O5S. The van der Waals surface area contributed by atoms with E-state index in [1.165, 1.54) is 12.3 Å². The van der Waals surface area contributed by atoms with E-state index >= 15 is 0 Å². The van der Waals surface area contributed by atoms with Crippen molar-refractivity contribution in [1.29, 1.82) is 0 Å². The molecule has 0 spiro atoms. The van der Waals surface area contributed by atoms with Crippen LogP contribution in [-0.2, 0) is 4.79 Å². The zero-order valence-corrected chi connectivity index (χ0v) is 16.7. The summed E-state index contributed by atoms with van der Waals surface area (Å²) in [7, 11) is 0. The van der Waals surface area contributed by atoms with Crippen molar-refractivity contribution in [3.63, 3.8) is 0 Å². The zero-order chi connectivity index (χ0) is 21.1. The lowest BCUT2D eigenvalue weighted by Gasteiger charge is -2.13. The van der Waals surface area contributed by atoms with E-state index in [9.17, 15) is 9.59 Å². The molecule has 0 aliphatic carbocycles. The lowest BCUT2D eigenvalue weighted by molar-refractivity contribution is -0.123. The van der Waals surface area contributed by atoms with Crippen LogP contribution in [0.2, 0.25) is 0 Å². The second kappa shape index (κ2) is 8.26. The number of aryl methyl sites for hydroxylation is 1.